The van der Waals surface area contributed by atoms with Crippen LogP contribution in [-0.2, 0) is 4.74 Å². The van der Waals surface area contributed by atoms with Crippen LogP contribution >= 0.6 is 0 Å². The lowest BCUT2D eigenvalue weighted by molar-refractivity contribution is 0.120. The number of hydrogen-bond acceptors (Lipinski definition) is 3. The second-order valence-corrected chi connectivity index (χ2v) is 3.55. The number of rotatable bonds is 1. The standard InChI is InChI=1S/C9H18N2O/c1-7(10-5)8(11-6)12-9(2,3)4/h1-6H3. The highest BCUT2D eigenvalue weighted by molar-refractivity contribution is 6.38. The van der Waals surface area contributed by atoms with Gasteiger partial charge >= 0.3 is 0 Å². The summed E-state index contributed by atoms with van der Waals surface area (Å²) in [6.45, 7) is 7.84. The Bertz CT molecular complexity index is 199. The molecule has 3 nitrogen and oxygen atoms in total. The van der Waals surface area contributed by atoms with Crippen LogP contribution in [0.25, 0.3) is 0 Å². The molecule has 0 radical (unpaired) electrons. The van der Waals surface area contributed by atoms with Gasteiger partial charge in [0.05, 0.1) is 5.71 Å². The second-order valence-electron chi connectivity index (χ2n) is 3.55. The molecule has 0 aliphatic rings. The minimum absolute atomic E-state index is 0.208. The van der Waals surface area contributed by atoms with E-state index in [1.165, 1.54) is 0 Å². The predicted molar refractivity (Wildman–Crippen MR) is 53.2 cm³/mol. The molecule has 0 aromatic carbocycles. The molecule has 0 aromatic rings. The molecule has 0 saturated carbocycles. The summed E-state index contributed by atoms with van der Waals surface area (Å²) >= 11 is 0. The van der Waals surface area contributed by atoms with E-state index in [-0.39, 0.29) is 5.60 Å². The summed E-state index contributed by atoms with van der Waals surface area (Å²) in [5.74, 6) is 0.616. The number of nitrogens with zero attached hydrogens (tertiary/aromatic N) is 2. The highest BCUT2D eigenvalue weighted by Crippen LogP contribution is 2.08. The van der Waals surface area contributed by atoms with Crippen LogP contribution in [0.1, 0.15) is 27.7 Å². The van der Waals surface area contributed by atoms with Crippen molar-refractivity contribution in [3.63, 3.8) is 0 Å². The Kier molecular flexibility index (Phi) is 3.93. The predicted octanol–water partition coefficient (Wildman–Crippen LogP) is 1.92. The molecule has 0 rings (SSSR count). The van der Waals surface area contributed by atoms with Crippen molar-refractivity contribution in [1.29, 1.82) is 0 Å². The average Bonchev–Trinajstić information content (AvgIpc) is 1.97. The molecule has 0 unspecified atom stereocenters. The van der Waals surface area contributed by atoms with Crippen LogP contribution in [0.5, 0.6) is 0 Å². The molecule has 12 heavy (non-hydrogen) atoms. The van der Waals surface area contributed by atoms with Crippen LogP contribution in [-0.4, -0.2) is 31.3 Å². The van der Waals surface area contributed by atoms with Gasteiger partial charge in [0.25, 0.3) is 0 Å². The van der Waals surface area contributed by atoms with Crippen molar-refractivity contribution in [2.45, 2.75) is 33.3 Å². The van der Waals surface area contributed by atoms with Crippen molar-refractivity contribution in [3.8, 4) is 0 Å². The van der Waals surface area contributed by atoms with Gasteiger partial charge < -0.3 is 4.74 Å². The van der Waals surface area contributed by atoms with Gasteiger partial charge in [-0.05, 0) is 27.7 Å². The third-order valence-electron chi connectivity index (χ3n) is 1.25. The van der Waals surface area contributed by atoms with E-state index >= 15 is 0 Å². The van der Waals surface area contributed by atoms with Crippen molar-refractivity contribution in [3.05, 3.63) is 0 Å². The molecule has 0 N–H and O–H groups in total. The van der Waals surface area contributed by atoms with Crippen molar-refractivity contribution in [2.24, 2.45) is 9.98 Å². The fourth-order valence-corrected chi connectivity index (χ4v) is 0.667. The third kappa shape index (κ3) is 4.11. The van der Waals surface area contributed by atoms with Crippen LogP contribution in [0.4, 0.5) is 0 Å². The third-order valence-corrected chi connectivity index (χ3v) is 1.25. The first-order valence-corrected chi connectivity index (χ1v) is 4.00. The lowest BCUT2D eigenvalue weighted by atomic mass is 10.2. The molecule has 0 heterocycles. The minimum atomic E-state index is -0.208. The first kappa shape index (κ1) is 11.1. The normalized spacial score (nSPS) is 14.8. The summed E-state index contributed by atoms with van der Waals surface area (Å²) in [6, 6.07) is 0. The SMILES string of the molecule is CN=C(C)C(=NC)OC(C)(C)C. The molecule has 0 fully saturated rings. The minimum Gasteiger partial charge on any atom is -0.471 e. The largest absolute Gasteiger partial charge is 0.471 e. The molecule has 0 aromatic heterocycles. The van der Waals surface area contributed by atoms with Gasteiger partial charge in [-0.2, -0.15) is 0 Å². The molecular weight excluding hydrogens is 152 g/mol. The Hall–Kier alpha value is -0.860. The first-order valence-electron chi connectivity index (χ1n) is 4.00. The Balaban J connectivity index is 4.43. The van der Waals surface area contributed by atoms with Gasteiger partial charge in [-0.1, -0.05) is 0 Å². The Morgan fingerprint density at radius 1 is 1.08 bits per heavy atom. The molecule has 0 saturated heterocycles. The summed E-state index contributed by atoms with van der Waals surface area (Å²) in [4.78, 5) is 8.01. The Labute approximate surface area is 74.6 Å². The van der Waals surface area contributed by atoms with Gasteiger partial charge in [0.15, 0.2) is 0 Å². The van der Waals surface area contributed by atoms with Crippen molar-refractivity contribution in [1.82, 2.24) is 0 Å². The van der Waals surface area contributed by atoms with Crippen molar-refractivity contribution in [2.75, 3.05) is 14.1 Å². The van der Waals surface area contributed by atoms with Gasteiger partial charge in [0.2, 0.25) is 5.90 Å². The molecule has 3 heteroatoms. The van der Waals surface area contributed by atoms with Crippen LogP contribution in [0.15, 0.2) is 9.98 Å². The number of hydrogen-bond donors (Lipinski definition) is 0. The van der Waals surface area contributed by atoms with Crippen LogP contribution in [0, 0.1) is 0 Å². The summed E-state index contributed by atoms with van der Waals surface area (Å²) in [5, 5.41) is 0. The van der Waals surface area contributed by atoms with E-state index in [0.29, 0.717) is 5.90 Å². The Morgan fingerprint density at radius 3 is 1.83 bits per heavy atom. The van der Waals surface area contributed by atoms with Crippen molar-refractivity contribution < 1.29 is 4.74 Å². The second kappa shape index (κ2) is 4.24. The topological polar surface area (TPSA) is 34.0 Å². The molecule has 70 valence electrons. The maximum Gasteiger partial charge on any atom is 0.230 e. The molecular formula is C9H18N2O. The van der Waals surface area contributed by atoms with Gasteiger partial charge in [0, 0.05) is 14.1 Å². The van der Waals surface area contributed by atoms with Gasteiger partial charge in [0.1, 0.15) is 5.60 Å². The lowest BCUT2D eigenvalue weighted by Crippen LogP contribution is -2.27. The fourth-order valence-electron chi connectivity index (χ4n) is 0.667. The summed E-state index contributed by atoms with van der Waals surface area (Å²) in [5.41, 5.74) is 0.619. The quantitative estimate of drug-likeness (QED) is 0.437. The zero-order valence-electron chi connectivity index (χ0n) is 8.80. The van der Waals surface area contributed by atoms with Gasteiger partial charge in [-0.15, -0.1) is 0 Å². The molecule has 0 amide bonds. The van der Waals surface area contributed by atoms with E-state index in [1.807, 2.05) is 27.7 Å². The fraction of sp³-hybridized carbons (Fsp3) is 0.778. The van der Waals surface area contributed by atoms with Gasteiger partial charge in [-0.3, -0.25) is 9.98 Å². The van der Waals surface area contributed by atoms with E-state index in [4.69, 9.17) is 4.74 Å². The summed E-state index contributed by atoms with van der Waals surface area (Å²) in [7, 11) is 3.43. The van der Waals surface area contributed by atoms with E-state index in [0.717, 1.165) is 5.71 Å². The lowest BCUT2D eigenvalue weighted by Gasteiger charge is -2.21. The number of ether oxygens (including phenoxy) is 1. The summed E-state index contributed by atoms with van der Waals surface area (Å²) in [6.07, 6.45) is 0. The van der Waals surface area contributed by atoms with E-state index in [9.17, 15) is 0 Å². The number of aliphatic imine (C=N–C) groups is 2. The van der Waals surface area contributed by atoms with Crippen LogP contribution < -0.4 is 0 Å². The zero-order chi connectivity index (χ0) is 9.78. The van der Waals surface area contributed by atoms with E-state index in [2.05, 4.69) is 9.98 Å². The maximum atomic E-state index is 5.56. The molecule has 0 aliphatic carbocycles. The maximum absolute atomic E-state index is 5.56. The monoisotopic (exact) mass is 170 g/mol. The van der Waals surface area contributed by atoms with Gasteiger partial charge in [-0.25, -0.2) is 0 Å². The zero-order valence-corrected chi connectivity index (χ0v) is 8.80. The highest BCUT2D eigenvalue weighted by atomic mass is 16.5. The molecule has 0 aliphatic heterocycles. The molecule has 0 atom stereocenters. The Morgan fingerprint density at radius 2 is 1.58 bits per heavy atom. The highest BCUT2D eigenvalue weighted by Gasteiger charge is 2.15. The first-order chi connectivity index (χ1) is 5.40. The van der Waals surface area contributed by atoms with E-state index < -0.39 is 0 Å². The molecule has 0 spiro atoms. The smallest absolute Gasteiger partial charge is 0.230 e. The average molecular weight is 170 g/mol. The summed E-state index contributed by atoms with van der Waals surface area (Å²) < 4.78 is 5.56. The van der Waals surface area contributed by atoms with Crippen LogP contribution in [0.2, 0.25) is 0 Å². The molecule has 0 bridgehead atoms. The van der Waals surface area contributed by atoms with E-state index in [1.54, 1.807) is 14.1 Å². The van der Waals surface area contributed by atoms with Crippen molar-refractivity contribution >= 4 is 11.6 Å². The van der Waals surface area contributed by atoms with Crippen LogP contribution in [0.3, 0.4) is 0 Å².